The average Bonchev–Trinajstić information content (AvgIpc) is 2.46. The Morgan fingerprint density at radius 3 is 1.93 bits per heavy atom. The molecular weight excluding hydrogens is 370 g/mol. The van der Waals surface area contributed by atoms with E-state index < -0.39 is 35.4 Å². The molecule has 8 heteroatoms. The number of carbonyl (C=O) groups is 2. The highest BCUT2D eigenvalue weighted by molar-refractivity contribution is 5.73. The Balaban J connectivity index is 2.21. The fraction of sp³-hybridized carbons (Fsp3) is 0.600. The molecule has 0 bridgehead atoms. The number of amides is 2. The lowest BCUT2D eigenvalue weighted by Crippen LogP contribution is -2.69. The van der Waals surface area contributed by atoms with Gasteiger partial charge in [-0.1, -0.05) is 24.3 Å². The van der Waals surface area contributed by atoms with Gasteiger partial charge in [0, 0.05) is 5.56 Å². The molecule has 1 N–H and O–H groups in total. The maximum absolute atomic E-state index is 12.9. The molecule has 2 rings (SSSR count). The van der Waals surface area contributed by atoms with Crippen LogP contribution >= 0.6 is 0 Å². The Hall–Kier alpha value is -2.38. The predicted octanol–water partition coefficient (Wildman–Crippen LogP) is 4.59. The third-order valence-electron chi connectivity index (χ3n) is 4.03. The molecular formula is C20H28F2N2O4. The van der Waals surface area contributed by atoms with Gasteiger partial charge in [0.1, 0.15) is 16.7 Å². The number of nitrogens with one attached hydrogen (secondary N) is 1. The van der Waals surface area contributed by atoms with Crippen LogP contribution in [-0.2, 0) is 15.0 Å². The molecule has 28 heavy (non-hydrogen) atoms. The third-order valence-corrected chi connectivity index (χ3v) is 4.03. The number of hydrogen-bond donors (Lipinski definition) is 1. The summed E-state index contributed by atoms with van der Waals surface area (Å²) in [5, 5.41) is 2.80. The molecule has 0 radical (unpaired) electrons. The van der Waals surface area contributed by atoms with Gasteiger partial charge in [-0.25, -0.2) is 18.4 Å². The van der Waals surface area contributed by atoms with Crippen molar-refractivity contribution in [1.29, 1.82) is 0 Å². The lowest BCUT2D eigenvalue weighted by molar-refractivity contribution is -0.0230. The van der Waals surface area contributed by atoms with Crippen molar-refractivity contribution < 1.29 is 27.8 Å². The molecule has 0 spiro atoms. The number of benzene rings is 1. The number of likely N-dealkylation sites (tertiary alicyclic amines) is 1. The first-order valence-corrected chi connectivity index (χ1v) is 9.08. The normalized spacial score (nSPS) is 16.4. The van der Waals surface area contributed by atoms with Gasteiger partial charge >= 0.3 is 12.2 Å². The Morgan fingerprint density at radius 2 is 1.50 bits per heavy atom. The van der Waals surface area contributed by atoms with Gasteiger partial charge < -0.3 is 19.7 Å². The second-order valence-corrected chi connectivity index (χ2v) is 8.97. The molecule has 2 amide bonds. The largest absolute Gasteiger partial charge is 0.444 e. The molecule has 1 heterocycles. The van der Waals surface area contributed by atoms with E-state index >= 15 is 0 Å². The maximum Gasteiger partial charge on any atom is 0.410 e. The fourth-order valence-electron chi connectivity index (χ4n) is 2.84. The molecule has 1 aliphatic heterocycles. The van der Waals surface area contributed by atoms with E-state index in [0.717, 1.165) is 0 Å². The first-order chi connectivity index (χ1) is 12.7. The zero-order valence-corrected chi connectivity index (χ0v) is 17.1. The number of alkyl carbamates (subject to hydrolysis) is 1. The van der Waals surface area contributed by atoms with Crippen molar-refractivity contribution >= 4 is 12.2 Å². The minimum Gasteiger partial charge on any atom is -0.444 e. The second kappa shape index (κ2) is 7.56. The molecule has 1 fully saturated rings. The van der Waals surface area contributed by atoms with Gasteiger partial charge in [-0.2, -0.15) is 0 Å². The average molecular weight is 398 g/mol. The number of rotatable bonds is 3. The summed E-state index contributed by atoms with van der Waals surface area (Å²) >= 11 is 0. The Labute approximate surface area is 164 Å². The Morgan fingerprint density at radius 1 is 1.00 bits per heavy atom. The van der Waals surface area contributed by atoms with Crippen LogP contribution in [0.1, 0.15) is 59.1 Å². The van der Waals surface area contributed by atoms with Gasteiger partial charge in [0.25, 0.3) is 6.43 Å². The van der Waals surface area contributed by atoms with E-state index in [1.807, 2.05) is 0 Å². The summed E-state index contributed by atoms with van der Waals surface area (Å²) in [6.45, 7) is 10.8. The van der Waals surface area contributed by atoms with Gasteiger partial charge in [-0.3, -0.25) is 0 Å². The summed E-state index contributed by atoms with van der Waals surface area (Å²) in [5.74, 6) is 0. The second-order valence-electron chi connectivity index (χ2n) is 8.97. The summed E-state index contributed by atoms with van der Waals surface area (Å²) in [6.07, 6.45) is -3.73. The van der Waals surface area contributed by atoms with E-state index in [-0.39, 0.29) is 18.7 Å². The highest BCUT2D eigenvalue weighted by Crippen LogP contribution is 2.34. The fourth-order valence-corrected chi connectivity index (χ4v) is 2.84. The molecule has 0 aromatic heterocycles. The van der Waals surface area contributed by atoms with Crippen LogP contribution in [0, 0.1) is 0 Å². The highest BCUT2D eigenvalue weighted by Gasteiger charge is 2.49. The van der Waals surface area contributed by atoms with Gasteiger partial charge in [-0.05, 0) is 47.1 Å². The van der Waals surface area contributed by atoms with Crippen molar-refractivity contribution in [3.8, 4) is 0 Å². The Bertz CT molecular complexity index is 715. The summed E-state index contributed by atoms with van der Waals surface area (Å²) in [6, 6.07) is 5.69. The lowest BCUT2D eigenvalue weighted by atomic mass is 9.82. The Kier molecular flexibility index (Phi) is 5.92. The number of alkyl halides is 2. The van der Waals surface area contributed by atoms with Crippen LogP contribution in [0.4, 0.5) is 18.4 Å². The minimum atomic E-state index is -2.58. The van der Waals surface area contributed by atoms with E-state index in [4.69, 9.17) is 9.47 Å². The molecule has 0 saturated carbocycles. The van der Waals surface area contributed by atoms with Crippen LogP contribution in [-0.4, -0.2) is 41.4 Å². The molecule has 0 unspecified atom stereocenters. The standard InChI is InChI=1S/C20H28F2N2O4/c1-18(2,3)27-16(25)23-20(14-9-7-13(8-10-14)15(21)22)11-24(12-20)17(26)28-19(4,5)6/h7-10,15H,11-12H2,1-6H3,(H,23,25). The SMILES string of the molecule is CC(C)(C)OC(=O)NC1(c2ccc(C(F)F)cc2)CN(C(=O)OC(C)(C)C)C1. The van der Waals surface area contributed by atoms with Crippen molar-refractivity contribution in [3.05, 3.63) is 35.4 Å². The number of halogens is 2. The van der Waals surface area contributed by atoms with Crippen LogP contribution in [0.5, 0.6) is 0 Å². The molecule has 0 atom stereocenters. The molecule has 1 saturated heterocycles. The van der Waals surface area contributed by atoms with Crippen molar-refractivity contribution in [2.75, 3.05) is 13.1 Å². The maximum atomic E-state index is 12.9. The van der Waals surface area contributed by atoms with Crippen molar-refractivity contribution in [1.82, 2.24) is 10.2 Å². The summed E-state index contributed by atoms with van der Waals surface area (Å²) in [7, 11) is 0. The molecule has 156 valence electrons. The van der Waals surface area contributed by atoms with Crippen LogP contribution in [0.25, 0.3) is 0 Å². The van der Waals surface area contributed by atoms with Gasteiger partial charge in [0.15, 0.2) is 0 Å². The molecule has 6 nitrogen and oxygen atoms in total. The minimum absolute atomic E-state index is 0.112. The van der Waals surface area contributed by atoms with E-state index in [9.17, 15) is 18.4 Å². The van der Waals surface area contributed by atoms with Gasteiger partial charge in [-0.15, -0.1) is 0 Å². The first kappa shape index (κ1) is 21.9. The number of carbonyl (C=O) groups excluding carboxylic acids is 2. The predicted molar refractivity (Wildman–Crippen MR) is 100 cm³/mol. The van der Waals surface area contributed by atoms with Crippen molar-refractivity contribution in [3.63, 3.8) is 0 Å². The topological polar surface area (TPSA) is 67.9 Å². The first-order valence-electron chi connectivity index (χ1n) is 9.08. The molecule has 0 aliphatic carbocycles. The number of hydrogen-bond acceptors (Lipinski definition) is 4. The number of nitrogens with zero attached hydrogens (tertiary/aromatic N) is 1. The quantitative estimate of drug-likeness (QED) is 0.808. The van der Waals surface area contributed by atoms with E-state index in [1.165, 1.54) is 29.2 Å². The number of ether oxygens (including phenoxy) is 2. The van der Waals surface area contributed by atoms with Crippen LogP contribution in [0.15, 0.2) is 24.3 Å². The zero-order chi connectivity index (χ0) is 21.3. The molecule has 1 aromatic carbocycles. The van der Waals surface area contributed by atoms with E-state index in [1.54, 1.807) is 41.5 Å². The highest BCUT2D eigenvalue weighted by atomic mass is 19.3. The van der Waals surface area contributed by atoms with Crippen LogP contribution < -0.4 is 5.32 Å². The van der Waals surface area contributed by atoms with E-state index in [0.29, 0.717) is 5.56 Å². The summed E-state index contributed by atoms with van der Waals surface area (Å²) in [5.41, 5.74) is -1.77. The van der Waals surface area contributed by atoms with Crippen molar-refractivity contribution in [2.45, 2.75) is 64.7 Å². The molecule has 1 aliphatic rings. The molecule has 1 aromatic rings. The van der Waals surface area contributed by atoms with E-state index in [2.05, 4.69) is 5.32 Å². The lowest BCUT2D eigenvalue weighted by Gasteiger charge is -2.50. The third kappa shape index (κ3) is 5.56. The van der Waals surface area contributed by atoms with Crippen molar-refractivity contribution in [2.24, 2.45) is 0 Å². The van der Waals surface area contributed by atoms with Gasteiger partial charge in [0.05, 0.1) is 13.1 Å². The summed E-state index contributed by atoms with van der Waals surface area (Å²) < 4.78 is 36.4. The smallest absolute Gasteiger partial charge is 0.410 e. The zero-order valence-electron chi connectivity index (χ0n) is 17.1. The van der Waals surface area contributed by atoms with Crippen LogP contribution in [0.3, 0.4) is 0 Å². The summed E-state index contributed by atoms with van der Waals surface area (Å²) in [4.78, 5) is 26.1. The van der Waals surface area contributed by atoms with Crippen LogP contribution in [0.2, 0.25) is 0 Å². The van der Waals surface area contributed by atoms with Gasteiger partial charge in [0.2, 0.25) is 0 Å². The monoisotopic (exact) mass is 398 g/mol.